The number of nitrogens with one attached hydrogen (secondary N) is 3. The molecule has 13 heteroatoms. The minimum atomic E-state index is -1.55. The summed E-state index contributed by atoms with van der Waals surface area (Å²) >= 11 is 10.8. The van der Waals surface area contributed by atoms with Gasteiger partial charge in [-0.25, -0.2) is 10.8 Å². The van der Waals surface area contributed by atoms with Gasteiger partial charge < -0.3 is 10.1 Å². The summed E-state index contributed by atoms with van der Waals surface area (Å²) in [4.78, 5) is 30.0. The van der Waals surface area contributed by atoms with E-state index in [0.717, 1.165) is 6.07 Å². The van der Waals surface area contributed by atoms with Crippen LogP contribution in [-0.4, -0.2) is 30.8 Å². The maximum atomic E-state index is 12.6. The third-order valence-corrected chi connectivity index (χ3v) is 4.41. The van der Waals surface area contributed by atoms with Crippen LogP contribution < -0.4 is 22.3 Å². The van der Waals surface area contributed by atoms with Crippen molar-refractivity contribution >= 4 is 51.4 Å². The molecule has 0 radical (unpaired) electrons. The number of nitro benzene ring substituents is 1. The number of hydrogen-bond donors (Lipinski definition) is 5. The van der Waals surface area contributed by atoms with Crippen molar-refractivity contribution in [2.45, 2.75) is 6.10 Å². The summed E-state index contributed by atoms with van der Waals surface area (Å²) in [6.07, 6.45) is -1.55. The Hall–Kier alpha value is -3.45. The fourth-order valence-electron chi connectivity index (χ4n) is 2.59. The van der Waals surface area contributed by atoms with Crippen molar-refractivity contribution in [3.05, 3.63) is 79.2 Å². The standard InChI is InChI=1S/C17H14ClN7O4S/c18-9-4-5-11-12(7-9)21-16(27)14(20-11)13(23-24-17(30)22-19)15(26)8-2-1-3-10(6-8)25(28)29/h1-7,15,26H,19H2,(H,21,27)(H2,22,24,30)/b23-13-/t15-/m1/s1. The molecule has 0 saturated carbocycles. The van der Waals surface area contributed by atoms with Crippen LogP contribution >= 0.6 is 23.8 Å². The van der Waals surface area contributed by atoms with Crippen LogP contribution in [0.4, 0.5) is 5.69 Å². The van der Waals surface area contributed by atoms with E-state index in [4.69, 9.17) is 29.7 Å². The number of hydrazine groups is 1. The lowest BCUT2D eigenvalue weighted by molar-refractivity contribution is -0.385. The van der Waals surface area contributed by atoms with Crippen molar-refractivity contribution in [3.63, 3.8) is 0 Å². The summed E-state index contributed by atoms with van der Waals surface area (Å²) in [7, 11) is 0. The molecule has 0 aliphatic carbocycles. The molecule has 6 N–H and O–H groups in total. The number of thiocarbonyl (C=S) groups is 1. The number of non-ortho nitro benzene ring substituents is 1. The van der Waals surface area contributed by atoms with Crippen LogP contribution in [0.1, 0.15) is 17.4 Å². The van der Waals surface area contributed by atoms with E-state index in [1.807, 2.05) is 0 Å². The van der Waals surface area contributed by atoms with Gasteiger partial charge in [0, 0.05) is 17.2 Å². The van der Waals surface area contributed by atoms with Gasteiger partial charge in [-0.15, -0.1) is 0 Å². The summed E-state index contributed by atoms with van der Waals surface area (Å²) < 4.78 is 0. The highest BCUT2D eigenvalue weighted by Gasteiger charge is 2.24. The monoisotopic (exact) mass is 447 g/mol. The van der Waals surface area contributed by atoms with E-state index in [1.165, 1.54) is 24.3 Å². The summed E-state index contributed by atoms with van der Waals surface area (Å²) in [6, 6.07) is 9.95. The minimum Gasteiger partial charge on any atom is -0.382 e. The van der Waals surface area contributed by atoms with Crippen LogP contribution in [-0.2, 0) is 0 Å². The molecule has 0 bridgehead atoms. The Balaban J connectivity index is 2.15. The smallest absolute Gasteiger partial charge is 0.276 e. The van der Waals surface area contributed by atoms with Crippen molar-refractivity contribution in [2.24, 2.45) is 10.9 Å². The zero-order valence-electron chi connectivity index (χ0n) is 15.0. The third kappa shape index (κ3) is 4.58. The van der Waals surface area contributed by atoms with Crippen LogP contribution in [0, 0.1) is 10.1 Å². The summed E-state index contributed by atoms with van der Waals surface area (Å²) in [6.45, 7) is 0. The Kier molecular flexibility index (Phi) is 6.32. The van der Waals surface area contributed by atoms with Gasteiger partial charge in [-0.05, 0) is 36.0 Å². The van der Waals surface area contributed by atoms with Crippen molar-refractivity contribution < 1.29 is 10.0 Å². The van der Waals surface area contributed by atoms with Gasteiger partial charge >= 0.3 is 0 Å². The predicted octanol–water partition coefficient (Wildman–Crippen LogP) is 1.26. The molecular formula is C17H14ClN7O4S. The SMILES string of the molecule is NNC(=S)N/N=C(/c1nc2ccc(Cl)cc2[nH]c1=O)[C@H](O)c1cccc([N+](=O)[O-])c1. The Morgan fingerprint density at radius 3 is 2.83 bits per heavy atom. The van der Waals surface area contributed by atoms with Gasteiger partial charge in [0.15, 0.2) is 5.69 Å². The molecule has 0 spiro atoms. The lowest BCUT2D eigenvalue weighted by atomic mass is 10.0. The second kappa shape index (κ2) is 8.92. The number of halogens is 1. The van der Waals surface area contributed by atoms with Gasteiger partial charge in [-0.2, -0.15) is 5.10 Å². The zero-order valence-corrected chi connectivity index (χ0v) is 16.6. The molecule has 3 rings (SSSR count). The molecule has 0 amide bonds. The lowest BCUT2D eigenvalue weighted by Gasteiger charge is -2.14. The van der Waals surface area contributed by atoms with Crippen LogP contribution in [0.25, 0.3) is 11.0 Å². The molecule has 30 heavy (non-hydrogen) atoms. The average molecular weight is 448 g/mol. The molecule has 0 saturated heterocycles. The van der Waals surface area contributed by atoms with Gasteiger partial charge in [0.05, 0.1) is 16.0 Å². The van der Waals surface area contributed by atoms with E-state index >= 15 is 0 Å². The van der Waals surface area contributed by atoms with Crippen molar-refractivity contribution in [1.29, 1.82) is 0 Å². The highest BCUT2D eigenvalue weighted by Crippen LogP contribution is 2.23. The van der Waals surface area contributed by atoms with E-state index in [-0.39, 0.29) is 27.8 Å². The number of nitro groups is 1. The van der Waals surface area contributed by atoms with Gasteiger partial charge in [0.1, 0.15) is 11.8 Å². The second-order valence-corrected chi connectivity index (χ2v) is 6.76. The van der Waals surface area contributed by atoms with Crippen molar-refractivity contribution in [1.82, 2.24) is 20.8 Å². The minimum absolute atomic E-state index is 0.0947. The first-order chi connectivity index (χ1) is 14.3. The fourth-order valence-corrected chi connectivity index (χ4v) is 2.80. The van der Waals surface area contributed by atoms with Crippen LogP contribution in [0.2, 0.25) is 5.02 Å². The number of aromatic nitrogens is 2. The van der Waals surface area contributed by atoms with E-state index < -0.39 is 16.6 Å². The molecule has 2 aromatic carbocycles. The summed E-state index contributed by atoms with van der Waals surface area (Å²) in [5.41, 5.74) is 4.04. The van der Waals surface area contributed by atoms with Crippen LogP contribution in [0.3, 0.4) is 0 Å². The number of benzene rings is 2. The normalized spacial score (nSPS) is 12.4. The maximum absolute atomic E-state index is 12.6. The summed E-state index contributed by atoms with van der Waals surface area (Å²) in [5.74, 6) is 5.20. The van der Waals surface area contributed by atoms with Crippen molar-refractivity contribution in [2.75, 3.05) is 0 Å². The first-order valence-electron chi connectivity index (χ1n) is 8.26. The number of rotatable bonds is 5. The van der Waals surface area contributed by atoms with E-state index in [9.17, 15) is 20.0 Å². The highest BCUT2D eigenvalue weighted by atomic mass is 35.5. The van der Waals surface area contributed by atoms with E-state index in [1.54, 1.807) is 12.1 Å². The quantitative estimate of drug-likeness (QED) is 0.127. The molecule has 0 aliphatic rings. The number of hydrazone groups is 1. The fraction of sp³-hybridized carbons (Fsp3) is 0.0588. The number of nitrogens with two attached hydrogens (primary N) is 1. The number of aliphatic hydroxyl groups excluding tert-OH is 1. The molecule has 0 unspecified atom stereocenters. The first kappa shape index (κ1) is 21.3. The van der Waals surface area contributed by atoms with Crippen LogP contribution in [0.15, 0.2) is 52.4 Å². The topological polar surface area (TPSA) is 172 Å². The number of fused-ring (bicyclic) bond motifs is 1. The van der Waals surface area contributed by atoms with Gasteiger partial charge in [-0.3, -0.25) is 25.8 Å². The molecule has 0 aliphatic heterocycles. The Bertz CT molecular complexity index is 1230. The number of hydrogen-bond acceptors (Lipinski definition) is 8. The lowest BCUT2D eigenvalue weighted by Crippen LogP contribution is -2.38. The molecule has 11 nitrogen and oxygen atoms in total. The molecule has 154 valence electrons. The third-order valence-electron chi connectivity index (χ3n) is 3.96. The largest absolute Gasteiger partial charge is 0.382 e. The average Bonchev–Trinajstić information content (AvgIpc) is 2.73. The molecule has 1 aromatic heterocycles. The van der Waals surface area contributed by atoms with Crippen molar-refractivity contribution in [3.8, 4) is 0 Å². The van der Waals surface area contributed by atoms with Gasteiger partial charge in [0.25, 0.3) is 11.2 Å². The molecule has 0 fully saturated rings. The number of H-pyrrole nitrogens is 1. The molecular weight excluding hydrogens is 434 g/mol. The van der Waals surface area contributed by atoms with Crippen LogP contribution in [0.5, 0.6) is 0 Å². The van der Waals surface area contributed by atoms with E-state index in [0.29, 0.717) is 16.1 Å². The predicted molar refractivity (Wildman–Crippen MR) is 115 cm³/mol. The maximum Gasteiger partial charge on any atom is 0.276 e. The Morgan fingerprint density at radius 1 is 1.37 bits per heavy atom. The summed E-state index contributed by atoms with van der Waals surface area (Å²) in [5, 5.41) is 26.2. The molecule has 1 heterocycles. The number of aliphatic hydroxyl groups is 1. The molecule has 1 atom stereocenters. The Labute approximate surface area is 178 Å². The number of aromatic amines is 1. The van der Waals surface area contributed by atoms with E-state index in [2.05, 4.69) is 25.9 Å². The number of nitrogens with zero attached hydrogens (tertiary/aromatic N) is 3. The zero-order chi connectivity index (χ0) is 21.8. The second-order valence-electron chi connectivity index (χ2n) is 5.91. The van der Waals surface area contributed by atoms with Gasteiger partial charge in [-0.1, -0.05) is 23.7 Å². The Morgan fingerprint density at radius 2 is 2.13 bits per heavy atom. The first-order valence-corrected chi connectivity index (χ1v) is 9.05. The highest BCUT2D eigenvalue weighted by molar-refractivity contribution is 7.80. The van der Waals surface area contributed by atoms with Gasteiger partial charge in [0.2, 0.25) is 5.11 Å². The molecule has 3 aromatic rings.